The lowest BCUT2D eigenvalue weighted by Gasteiger charge is -2.29. The molecular formula is C27H31N3O+2. The van der Waals surface area contributed by atoms with E-state index in [0.717, 1.165) is 41.9 Å². The monoisotopic (exact) mass is 413 g/mol. The maximum atomic E-state index is 6.21. The number of anilines is 1. The average molecular weight is 414 g/mol. The number of rotatable bonds is 5. The molecule has 0 amide bonds. The molecule has 4 heteroatoms. The number of ether oxygens (including phenoxy) is 1. The Bertz CT molecular complexity index is 1120. The summed E-state index contributed by atoms with van der Waals surface area (Å²) >= 11 is 0. The summed E-state index contributed by atoms with van der Waals surface area (Å²) in [6.45, 7) is 2.20. The molecule has 3 heterocycles. The molecule has 0 saturated carbocycles. The first-order chi connectivity index (χ1) is 15.0. The van der Waals surface area contributed by atoms with Crippen molar-refractivity contribution in [2.45, 2.75) is 19.1 Å². The molecule has 31 heavy (non-hydrogen) atoms. The Morgan fingerprint density at radius 2 is 1.87 bits per heavy atom. The van der Waals surface area contributed by atoms with Crippen LogP contribution in [-0.2, 0) is 0 Å². The Labute approximate surface area is 185 Å². The summed E-state index contributed by atoms with van der Waals surface area (Å²) in [5.74, 6) is 0.967. The van der Waals surface area contributed by atoms with Crippen LogP contribution in [0.5, 0.6) is 5.75 Å². The van der Waals surface area contributed by atoms with E-state index < -0.39 is 0 Å². The van der Waals surface area contributed by atoms with Crippen LogP contribution < -0.4 is 9.64 Å². The second kappa shape index (κ2) is 7.86. The van der Waals surface area contributed by atoms with Gasteiger partial charge in [-0.15, -0.1) is 0 Å². The molecule has 0 aliphatic carbocycles. The van der Waals surface area contributed by atoms with Crippen LogP contribution in [0, 0.1) is 0 Å². The third kappa shape index (κ3) is 3.96. The van der Waals surface area contributed by atoms with E-state index in [-0.39, 0.29) is 6.23 Å². The number of hydrogen-bond acceptors (Lipinski definition) is 2. The fourth-order valence-electron chi connectivity index (χ4n) is 4.54. The van der Waals surface area contributed by atoms with Crippen molar-refractivity contribution in [3.63, 3.8) is 0 Å². The van der Waals surface area contributed by atoms with Gasteiger partial charge in [-0.05, 0) is 23.8 Å². The van der Waals surface area contributed by atoms with Crippen molar-refractivity contribution in [3.05, 3.63) is 84.1 Å². The number of benzene rings is 2. The fraction of sp³-hybridized carbons (Fsp3) is 0.296. The van der Waals surface area contributed by atoms with Crippen LogP contribution >= 0.6 is 0 Å². The van der Waals surface area contributed by atoms with Gasteiger partial charge in [0.05, 0.1) is 34.1 Å². The van der Waals surface area contributed by atoms with Crippen molar-refractivity contribution in [2.75, 3.05) is 39.1 Å². The molecule has 4 nitrogen and oxygen atoms in total. The number of allylic oxidation sites excluding steroid dienone is 4. The lowest BCUT2D eigenvalue weighted by atomic mass is 9.98. The summed E-state index contributed by atoms with van der Waals surface area (Å²) in [7, 11) is 6.76. The summed E-state index contributed by atoms with van der Waals surface area (Å²) in [5.41, 5.74) is 6.29. The molecular weight excluding hydrogens is 382 g/mol. The predicted octanol–water partition coefficient (Wildman–Crippen LogP) is 4.96. The minimum absolute atomic E-state index is 0.0101. The summed E-state index contributed by atoms with van der Waals surface area (Å²) in [6.07, 6.45) is 13.3. The van der Waals surface area contributed by atoms with Gasteiger partial charge in [-0.2, -0.15) is 4.58 Å². The van der Waals surface area contributed by atoms with E-state index >= 15 is 0 Å². The Balaban J connectivity index is 1.35. The van der Waals surface area contributed by atoms with Gasteiger partial charge in [-0.25, -0.2) is 0 Å². The molecule has 0 saturated heterocycles. The Hall–Kier alpha value is -3.11. The van der Waals surface area contributed by atoms with E-state index in [2.05, 4.69) is 97.7 Å². The highest BCUT2D eigenvalue weighted by molar-refractivity contribution is 5.87. The van der Waals surface area contributed by atoms with E-state index in [1.165, 1.54) is 22.4 Å². The molecule has 0 bridgehead atoms. The van der Waals surface area contributed by atoms with Crippen LogP contribution in [0.2, 0.25) is 0 Å². The van der Waals surface area contributed by atoms with Crippen molar-refractivity contribution in [2.24, 2.45) is 0 Å². The number of hydrogen-bond donors (Lipinski definition) is 0. The van der Waals surface area contributed by atoms with Crippen molar-refractivity contribution in [3.8, 4) is 5.75 Å². The second-order valence-electron chi connectivity index (χ2n) is 9.49. The zero-order chi connectivity index (χ0) is 21.4. The highest BCUT2D eigenvalue weighted by Crippen LogP contribution is 2.40. The molecule has 0 spiro atoms. The quantitative estimate of drug-likeness (QED) is 0.508. The van der Waals surface area contributed by atoms with E-state index in [1.807, 2.05) is 12.1 Å². The van der Waals surface area contributed by atoms with Gasteiger partial charge in [-0.1, -0.05) is 42.5 Å². The van der Waals surface area contributed by atoms with Crippen molar-refractivity contribution in [1.29, 1.82) is 0 Å². The summed E-state index contributed by atoms with van der Waals surface area (Å²) in [4.78, 5) is 2.39. The maximum absolute atomic E-state index is 6.21. The van der Waals surface area contributed by atoms with Gasteiger partial charge in [0.15, 0.2) is 12.0 Å². The van der Waals surface area contributed by atoms with Crippen LogP contribution in [0.25, 0.3) is 5.57 Å². The van der Waals surface area contributed by atoms with Crippen LogP contribution in [0.3, 0.4) is 0 Å². The Morgan fingerprint density at radius 3 is 2.74 bits per heavy atom. The van der Waals surface area contributed by atoms with Gasteiger partial charge in [0.1, 0.15) is 0 Å². The molecule has 1 atom stereocenters. The minimum atomic E-state index is -0.0101. The molecule has 5 rings (SSSR count). The molecule has 158 valence electrons. The molecule has 0 radical (unpaired) electrons. The van der Waals surface area contributed by atoms with E-state index in [1.54, 1.807) is 0 Å². The van der Waals surface area contributed by atoms with Gasteiger partial charge in [0, 0.05) is 42.1 Å². The average Bonchev–Trinajstić information content (AvgIpc) is 3.31. The summed E-state index contributed by atoms with van der Waals surface area (Å²) in [6, 6.07) is 17.0. The smallest absolute Gasteiger partial charge is 0.326 e. The zero-order valence-electron chi connectivity index (χ0n) is 18.7. The first kappa shape index (κ1) is 19.8. The van der Waals surface area contributed by atoms with Crippen LogP contribution in [0.15, 0.2) is 78.5 Å². The minimum Gasteiger partial charge on any atom is -0.423 e. The van der Waals surface area contributed by atoms with Crippen LogP contribution in [-0.4, -0.2) is 55.7 Å². The summed E-state index contributed by atoms with van der Waals surface area (Å²) in [5, 5.41) is 0. The third-order valence-corrected chi connectivity index (χ3v) is 6.14. The lowest BCUT2D eigenvalue weighted by Crippen LogP contribution is -2.37. The lowest BCUT2D eigenvalue weighted by molar-refractivity contribution is -0.870. The van der Waals surface area contributed by atoms with E-state index in [0.29, 0.717) is 0 Å². The number of nitrogens with zero attached hydrogens (tertiary/aromatic N) is 3. The number of para-hydroxylation sites is 3. The van der Waals surface area contributed by atoms with Gasteiger partial charge >= 0.3 is 6.23 Å². The SMILES string of the molecule is C[N+](C)(C)CCCN1C=CC(=CC=C2CC=[N+]3c4ccccc4OC23)c2ccccc21. The standard InChI is InChI=1S/C27H31N3O/c1-30(2,3)20-8-17-28-18-15-21(23-9-4-5-10-24(23)28)13-14-22-16-19-29-25-11-6-7-12-26(25)31-27(22)29/h4-7,9-15,18-19,27H,8,16-17,20H2,1-3H3/q+2. The van der Waals surface area contributed by atoms with Gasteiger partial charge in [0.2, 0.25) is 0 Å². The molecule has 0 fully saturated rings. The Kier molecular flexibility index (Phi) is 5.03. The molecule has 0 N–H and O–H groups in total. The first-order valence-corrected chi connectivity index (χ1v) is 11.1. The zero-order valence-corrected chi connectivity index (χ0v) is 18.7. The number of quaternary nitrogens is 1. The highest BCUT2D eigenvalue weighted by atomic mass is 16.5. The highest BCUT2D eigenvalue weighted by Gasteiger charge is 2.42. The molecule has 1 unspecified atom stereocenters. The van der Waals surface area contributed by atoms with Crippen molar-refractivity contribution in [1.82, 2.24) is 0 Å². The second-order valence-corrected chi connectivity index (χ2v) is 9.49. The van der Waals surface area contributed by atoms with Gasteiger partial charge in [-0.3, -0.25) is 0 Å². The molecule has 0 aromatic heterocycles. The number of fused-ring (bicyclic) bond motifs is 4. The largest absolute Gasteiger partial charge is 0.423 e. The third-order valence-electron chi connectivity index (χ3n) is 6.14. The van der Waals surface area contributed by atoms with Crippen LogP contribution in [0.1, 0.15) is 18.4 Å². The predicted molar refractivity (Wildman–Crippen MR) is 128 cm³/mol. The topological polar surface area (TPSA) is 15.5 Å². The molecule has 3 aliphatic heterocycles. The Morgan fingerprint density at radius 1 is 1.06 bits per heavy atom. The molecule has 3 aliphatic rings. The van der Waals surface area contributed by atoms with Gasteiger partial charge < -0.3 is 14.1 Å². The van der Waals surface area contributed by atoms with E-state index in [9.17, 15) is 0 Å². The van der Waals surface area contributed by atoms with Crippen LogP contribution in [0.4, 0.5) is 11.4 Å². The van der Waals surface area contributed by atoms with E-state index in [4.69, 9.17) is 4.74 Å². The maximum Gasteiger partial charge on any atom is 0.326 e. The summed E-state index contributed by atoms with van der Waals surface area (Å²) < 4.78 is 9.46. The van der Waals surface area contributed by atoms with Gasteiger partial charge in [0.25, 0.3) is 5.69 Å². The molecule has 2 aromatic rings. The normalized spacial score (nSPS) is 21.7. The first-order valence-electron chi connectivity index (χ1n) is 11.1. The molecule has 2 aromatic carbocycles. The van der Waals surface area contributed by atoms with Crippen molar-refractivity contribution >= 4 is 23.2 Å². The fourth-order valence-corrected chi connectivity index (χ4v) is 4.54. The van der Waals surface area contributed by atoms with Crippen molar-refractivity contribution < 1.29 is 13.8 Å².